The first-order valence-electron chi connectivity index (χ1n) is 5.77. The maximum atomic E-state index is 6.44. The van der Waals surface area contributed by atoms with Gasteiger partial charge in [-0.15, -0.1) is 0 Å². The molecule has 4 aliphatic rings. The lowest BCUT2D eigenvalue weighted by molar-refractivity contribution is -0.112. The van der Waals surface area contributed by atoms with Crippen LogP contribution in [-0.4, -0.2) is 6.04 Å². The summed E-state index contributed by atoms with van der Waals surface area (Å²) in [7, 11) is 0. The SMILES string of the molecule is CC12CC3CC(C1)CC(C)(C3)C2N. The van der Waals surface area contributed by atoms with Crippen molar-refractivity contribution in [3.8, 4) is 0 Å². The molecule has 0 unspecified atom stereocenters. The molecule has 13 heavy (non-hydrogen) atoms. The van der Waals surface area contributed by atoms with Gasteiger partial charge < -0.3 is 5.73 Å². The van der Waals surface area contributed by atoms with Gasteiger partial charge in [0, 0.05) is 6.04 Å². The fraction of sp³-hybridized carbons (Fsp3) is 1.00. The fourth-order valence-electron chi connectivity index (χ4n) is 5.10. The summed E-state index contributed by atoms with van der Waals surface area (Å²) >= 11 is 0. The molecule has 1 heteroatoms. The van der Waals surface area contributed by atoms with Gasteiger partial charge in [0.15, 0.2) is 0 Å². The zero-order valence-electron chi connectivity index (χ0n) is 8.84. The van der Waals surface area contributed by atoms with Crippen LogP contribution in [-0.2, 0) is 0 Å². The lowest BCUT2D eigenvalue weighted by Crippen LogP contribution is -2.63. The minimum Gasteiger partial charge on any atom is -0.327 e. The van der Waals surface area contributed by atoms with Gasteiger partial charge in [0.05, 0.1) is 0 Å². The normalized spacial score (nSPS) is 64.4. The van der Waals surface area contributed by atoms with E-state index in [0.29, 0.717) is 16.9 Å². The van der Waals surface area contributed by atoms with Crippen LogP contribution in [0.15, 0.2) is 0 Å². The summed E-state index contributed by atoms with van der Waals surface area (Å²) in [5.41, 5.74) is 7.43. The lowest BCUT2D eigenvalue weighted by atomic mass is 9.43. The van der Waals surface area contributed by atoms with E-state index in [1.807, 2.05) is 0 Å². The highest BCUT2D eigenvalue weighted by atomic mass is 14.8. The first kappa shape index (κ1) is 8.28. The molecule has 4 fully saturated rings. The maximum Gasteiger partial charge on any atom is 0.0148 e. The van der Waals surface area contributed by atoms with Crippen molar-refractivity contribution in [3.05, 3.63) is 0 Å². The summed E-state index contributed by atoms with van der Waals surface area (Å²) in [6, 6.07) is 0.479. The first-order chi connectivity index (χ1) is 6.02. The third-order valence-electron chi connectivity index (χ3n) is 5.19. The molecule has 0 aliphatic heterocycles. The van der Waals surface area contributed by atoms with Crippen LogP contribution < -0.4 is 5.73 Å². The fourth-order valence-corrected chi connectivity index (χ4v) is 5.10. The maximum absolute atomic E-state index is 6.44. The van der Waals surface area contributed by atoms with Crippen LogP contribution >= 0.6 is 0 Å². The van der Waals surface area contributed by atoms with E-state index in [-0.39, 0.29) is 0 Å². The van der Waals surface area contributed by atoms with Crippen molar-refractivity contribution in [2.75, 3.05) is 0 Å². The van der Waals surface area contributed by atoms with E-state index in [4.69, 9.17) is 5.73 Å². The smallest absolute Gasteiger partial charge is 0.0148 e. The minimum atomic E-state index is 0.479. The Morgan fingerprint density at radius 1 is 0.923 bits per heavy atom. The largest absolute Gasteiger partial charge is 0.327 e. The predicted octanol–water partition coefficient (Wildman–Crippen LogP) is 2.55. The molecule has 0 amide bonds. The second kappa shape index (κ2) is 2.13. The van der Waals surface area contributed by atoms with Gasteiger partial charge in [-0.05, 0) is 54.8 Å². The summed E-state index contributed by atoms with van der Waals surface area (Å²) in [5.74, 6) is 2.03. The Kier molecular flexibility index (Phi) is 1.36. The van der Waals surface area contributed by atoms with Gasteiger partial charge >= 0.3 is 0 Å². The topological polar surface area (TPSA) is 26.0 Å². The molecule has 2 N–H and O–H groups in total. The average molecular weight is 179 g/mol. The van der Waals surface area contributed by atoms with Crippen LogP contribution in [0.1, 0.15) is 46.0 Å². The number of hydrogen-bond donors (Lipinski definition) is 1. The Bertz CT molecular complexity index is 210. The molecule has 4 rings (SSSR count). The van der Waals surface area contributed by atoms with Crippen LogP contribution in [0.4, 0.5) is 0 Å². The van der Waals surface area contributed by atoms with Gasteiger partial charge in [-0.1, -0.05) is 13.8 Å². The van der Waals surface area contributed by atoms with E-state index in [9.17, 15) is 0 Å². The van der Waals surface area contributed by atoms with E-state index in [1.54, 1.807) is 0 Å². The van der Waals surface area contributed by atoms with Gasteiger partial charge in [0.2, 0.25) is 0 Å². The molecule has 0 heterocycles. The summed E-state index contributed by atoms with van der Waals surface area (Å²) in [6.07, 6.45) is 7.18. The Morgan fingerprint density at radius 3 is 1.69 bits per heavy atom. The van der Waals surface area contributed by atoms with Gasteiger partial charge in [0.25, 0.3) is 0 Å². The standard InChI is InChI=1S/C12H21N/c1-11-4-8-3-9(5-11)7-12(2,6-8)10(11)13/h8-10H,3-7,13H2,1-2H3. The van der Waals surface area contributed by atoms with Crippen molar-refractivity contribution in [3.63, 3.8) is 0 Å². The van der Waals surface area contributed by atoms with E-state index in [0.717, 1.165) is 11.8 Å². The molecule has 0 aromatic rings. The predicted molar refractivity (Wildman–Crippen MR) is 54.3 cm³/mol. The highest BCUT2D eigenvalue weighted by Gasteiger charge is 2.58. The third-order valence-corrected chi connectivity index (χ3v) is 5.19. The van der Waals surface area contributed by atoms with Crippen molar-refractivity contribution in [1.29, 1.82) is 0 Å². The summed E-state index contributed by atoms with van der Waals surface area (Å²) in [4.78, 5) is 0. The van der Waals surface area contributed by atoms with Gasteiger partial charge in [-0.25, -0.2) is 0 Å². The van der Waals surface area contributed by atoms with Crippen LogP contribution in [0.5, 0.6) is 0 Å². The summed E-state index contributed by atoms with van der Waals surface area (Å²) in [5, 5.41) is 0. The second-order valence-electron chi connectivity index (χ2n) is 6.57. The molecule has 4 bridgehead atoms. The summed E-state index contributed by atoms with van der Waals surface area (Å²) in [6.45, 7) is 4.88. The summed E-state index contributed by atoms with van der Waals surface area (Å²) < 4.78 is 0. The van der Waals surface area contributed by atoms with E-state index in [1.165, 1.54) is 32.1 Å². The molecule has 0 radical (unpaired) electrons. The molecule has 1 nitrogen and oxygen atoms in total. The number of rotatable bonds is 0. The second-order valence-corrected chi connectivity index (χ2v) is 6.57. The van der Waals surface area contributed by atoms with Crippen molar-refractivity contribution >= 4 is 0 Å². The van der Waals surface area contributed by atoms with Crippen LogP contribution in [0.25, 0.3) is 0 Å². The molecule has 4 aliphatic carbocycles. The van der Waals surface area contributed by atoms with Gasteiger partial charge in [-0.2, -0.15) is 0 Å². The monoisotopic (exact) mass is 179 g/mol. The van der Waals surface area contributed by atoms with Crippen LogP contribution in [0.3, 0.4) is 0 Å². The zero-order chi connectivity index (χ0) is 9.27. The highest BCUT2D eigenvalue weighted by Crippen LogP contribution is 2.64. The Hall–Kier alpha value is -0.0400. The third kappa shape index (κ3) is 0.918. The van der Waals surface area contributed by atoms with Crippen molar-refractivity contribution in [1.82, 2.24) is 0 Å². The Balaban J connectivity index is 2.03. The van der Waals surface area contributed by atoms with Gasteiger partial charge in [-0.3, -0.25) is 0 Å². The minimum absolute atomic E-state index is 0.479. The molecule has 0 saturated heterocycles. The Labute approximate surface area is 81.1 Å². The lowest BCUT2D eigenvalue weighted by Gasteiger charge is -2.64. The molecule has 0 aromatic heterocycles. The first-order valence-corrected chi connectivity index (χ1v) is 5.77. The van der Waals surface area contributed by atoms with Gasteiger partial charge in [0.1, 0.15) is 0 Å². The van der Waals surface area contributed by atoms with E-state index < -0.39 is 0 Å². The van der Waals surface area contributed by atoms with Crippen LogP contribution in [0.2, 0.25) is 0 Å². The molecule has 4 saturated carbocycles. The van der Waals surface area contributed by atoms with E-state index >= 15 is 0 Å². The number of nitrogens with two attached hydrogens (primary N) is 1. The van der Waals surface area contributed by atoms with E-state index in [2.05, 4.69) is 13.8 Å². The molecule has 0 spiro atoms. The zero-order valence-corrected chi connectivity index (χ0v) is 8.84. The average Bonchev–Trinajstić information content (AvgIpc) is 1.97. The number of hydrogen-bond acceptors (Lipinski definition) is 1. The Morgan fingerprint density at radius 2 is 1.31 bits per heavy atom. The molecular formula is C12H21N. The quantitative estimate of drug-likeness (QED) is 0.607. The van der Waals surface area contributed by atoms with Crippen LogP contribution in [0, 0.1) is 22.7 Å². The van der Waals surface area contributed by atoms with Crippen molar-refractivity contribution in [2.45, 2.75) is 52.0 Å². The molecule has 74 valence electrons. The molecule has 0 aromatic carbocycles. The molecular weight excluding hydrogens is 158 g/mol. The van der Waals surface area contributed by atoms with Crippen molar-refractivity contribution in [2.24, 2.45) is 28.4 Å². The highest BCUT2D eigenvalue weighted by molar-refractivity contribution is 5.11. The van der Waals surface area contributed by atoms with Crippen molar-refractivity contribution < 1.29 is 0 Å². The molecule has 0 atom stereocenters.